The first-order chi connectivity index (χ1) is 14.3. The molecule has 8 heteroatoms. The third-order valence-corrected chi connectivity index (χ3v) is 5.27. The lowest BCUT2D eigenvalue weighted by Gasteiger charge is -2.12. The van der Waals surface area contributed by atoms with Crippen molar-refractivity contribution >= 4 is 35.0 Å². The largest absolute Gasteiger partial charge is 0.465 e. The maximum atomic E-state index is 12.9. The van der Waals surface area contributed by atoms with Gasteiger partial charge in [0, 0.05) is 11.6 Å². The Morgan fingerprint density at radius 2 is 1.83 bits per heavy atom. The monoisotopic (exact) mass is 425 g/mol. The predicted molar refractivity (Wildman–Crippen MR) is 117 cm³/mol. The number of amides is 1. The van der Waals surface area contributed by atoms with Gasteiger partial charge in [-0.05, 0) is 61.5 Å². The summed E-state index contributed by atoms with van der Waals surface area (Å²) in [5, 5.41) is 3.34. The van der Waals surface area contributed by atoms with Crippen LogP contribution in [0, 0.1) is 4.77 Å². The molecule has 2 aromatic carbocycles. The van der Waals surface area contributed by atoms with E-state index in [2.05, 4.69) is 10.3 Å². The molecule has 0 saturated heterocycles. The summed E-state index contributed by atoms with van der Waals surface area (Å²) in [4.78, 5) is 39.9. The van der Waals surface area contributed by atoms with Crippen molar-refractivity contribution in [3.63, 3.8) is 0 Å². The number of hydrogen-bond donors (Lipinski definition) is 2. The third kappa shape index (κ3) is 4.49. The highest BCUT2D eigenvalue weighted by atomic mass is 32.1. The normalized spacial score (nSPS) is 11.8. The fraction of sp³-hybridized carbons (Fsp3) is 0.273. The lowest BCUT2D eigenvalue weighted by atomic mass is 10.1. The van der Waals surface area contributed by atoms with Gasteiger partial charge in [0.2, 0.25) is 0 Å². The van der Waals surface area contributed by atoms with Crippen LogP contribution in [-0.4, -0.2) is 34.6 Å². The number of carbonyl (C=O) groups is 2. The number of aromatic nitrogens is 2. The fourth-order valence-electron chi connectivity index (χ4n) is 3.00. The maximum Gasteiger partial charge on any atom is 0.337 e. The molecular weight excluding hydrogens is 402 g/mol. The second-order valence-electron chi connectivity index (χ2n) is 7.05. The zero-order chi connectivity index (χ0) is 21.8. The number of esters is 1. The van der Waals surface area contributed by atoms with Gasteiger partial charge in [-0.15, -0.1) is 0 Å². The number of nitrogens with one attached hydrogen (secondary N) is 2. The van der Waals surface area contributed by atoms with Gasteiger partial charge in [0.05, 0.1) is 30.1 Å². The summed E-state index contributed by atoms with van der Waals surface area (Å²) < 4.78 is 6.40. The van der Waals surface area contributed by atoms with Crippen LogP contribution in [0.4, 0.5) is 0 Å². The van der Waals surface area contributed by atoms with E-state index in [1.807, 2.05) is 13.8 Å². The Hall–Kier alpha value is -3.26. The number of hydrogen-bond acceptors (Lipinski definition) is 5. The molecule has 0 spiro atoms. The molecule has 1 atom stereocenters. The fourth-order valence-corrected chi connectivity index (χ4v) is 3.25. The van der Waals surface area contributed by atoms with Crippen molar-refractivity contribution in [3.8, 4) is 0 Å². The highest BCUT2D eigenvalue weighted by Gasteiger charge is 2.12. The van der Waals surface area contributed by atoms with Crippen LogP contribution in [0.2, 0.25) is 0 Å². The number of benzene rings is 2. The van der Waals surface area contributed by atoms with Crippen LogP contribution in [0.3, 0.4) is 0 Å². The van der Waals surface area contributed by atoms with E-state index < -0.39 is 5.97 Å². The number of carbonyl (C=O) groups excluding carboxylic acids is 2. The second-order valence-corrected chi connectivity index (χ2v) is 7.44. The molecule has 30 heavy (non-hydrogen) atoms. The molecule has 1 amide bonds. The molecule has 0 radical (unpaired) electrons. The minimum Gasteiger partial charge on any atom is -0.465 e. The Morgan fingerprint density at radius 1 is 1.17 bits per heavy atom. The summed E-state index contributed by atoms with van der Waals surface area (Å²) in [6.07, 6.45) is 0.855. The lowest BCUT2D eigenvalue weighted by molar-refractivity contribution is 0.0600. The Kier molecular flexibility index (Phi) is 6.47. The Morgan fingerprint density at radius 3 is 2.47 bits per heavy atom. The maximum absolute atomic E-state index is 12.9. The quantitative estimate of drug-likeness (QED) is 0.466. The van der Waals surface area contributed by atoms with Crippen LogP contribution in [0.1, 0.15) is 46.5 Å². The number of rotatable bonds is 6. The molecule has 0 saturated carbocycles. The van der Waals surface area contributed by atoms with Crippen molar-refractivity contribution in [1.82, 2.24) is 14.9 Å². The first-order valence-electron chi connectivity index (χ1n) is 9.59. The van der Waals surface area contributed by atoms with Gasteiger partial charge in [-0.1, -0.05) is 19.1 Å². The van der Waals surface area contributed by atoms with Crippen molar-refractivity contribution in [3.05, 3.63) is 74.3 Å². The molecule has 1 heterocycles. The minimum absolute atomic E-state index is 0.103. The molecule has 0 aliphatic heterocycles. The van der Waals surface area contributed by atoms with Gasteiger partial charge in [-0.2, -0.15) is 0 Å². The molecule has 3 rings (SSSR count). The number of H-pyrrole nitrogens is 1. The Labute approximate surface area is 178 Å². The molecular formula is C22H23N3O4S. The van der Waals surface area contributed by atoms with E-state index in [0.717, 1.165) is 12.0 Å². The lowest BCUT2D eigenvalue weighted by Crippen LogP contribution is -2.31. The van der Waals surface area contributed by atoms with Crippen molar-refractivity contribution in [1.29, 1.82) is 0 Å². The van der Waals surface area contributed by atoms with E-state index in [4.69, 9.17) is 17.0 Å². The molecule has 0 aliphatic carbocycles. The Bertz CT molecular complexity index is 1210. The highest BCUT2D eigenvalue weighted by Crippen LogP contribution is 2.13. The van der Waals surface area contributed by atoms with E-state index >= 15 is 0 Å². The van der Waals surface area contributed by atoms with Crippen molar-refractivity contribution < 1.29 is 14.3 Å². The Balaban J connectivity index is 1.89. The van der Waals surface area contributed by atoms with Gasteiger partial charge < -0.3 is 15.0 Å². The smallest absolute Gasteiger partial charge is 0.337 e. The number of methoxy groups -OCH3 is 1. The van der Waals surface area contributed by atoms with Crippen LogP contribution in [0.25, 0.3) is 10.9 Å². The van der Waals surface area contributed by atoms with E-state index in [9.17, 15) is 14.4 Å². The standard InChI is InChI=1S/C22H23N3O4S/c1-4-13(2)23-19(26)15-7-5-14(6-8-15)12-25-20(27)17-10-9-16(21(28)29-3)11-18(17)24-22(25)30/h5-11,13H,4,12H2,1-3H3,(H,23,26)(H,24,30)/t13-/m1/s1. The van der Waals surface area contributed by atoms with E-state index in [-0.39, 0.29) is 28.8 Å². The first kappa shape index (κ1) is 21.4. The second kappa shape index (κ2) is 9.04. The van der Waals surface area contributed by atoms with Gasteiger partial charge in [-0.25, -0.2) is 4.79 Å². The average molecular weight is 426 g/mol. The number of ether oxygens (including phenoxy) is 1. The van der Waals surface area contributed by atoms with Gasteiger partial charge in [0.25, 0.3) is 11.5 Å². The summed E-state index contributed by atoms with van der Waals surface area (Å²) >= 11 is 5.36. The summed E-state index contributed by atoms with van der Waals surface area (Å²) in [7, 11) is 1.30. The molecule has 0 unspecified atom stereocenters. The highest BCUT2D eigenvalue weighted by molar-refractivity contribution is 7.71. The van der Waals surface area contributed by atoms with Crippen molar-refractivity contribution in [2.75, 3.05) is 7.11 Å². The summed E-state index contributed by atoms with van der Waals surface area (Å²) in [6.45, 7) is 4.22. The van der Waals surface area contributed by atoms with Gasteiger partial charge in [0.1, 0.15) is 0 Å². The number of nitrogens with zero attached hydrogens (tertiary/aromatic N) is 1. The van der Waals surface area contributed by atoms with Crippen molar-refractivity contribution in [2.45, 2.75) is 32.9 Å². The molecule has 7 nitrogen and oxygen atoms in total. The molecule has 156 valence electrons. The zero-order valence-corrected chi connectivity index (χ0v) is 17.8. The molecule has 2 N–H and O–H groups in total. The van der Waals surface area contributed by atoms with Gasteiger partial charge in [-0.3, -0.25) is 14.2 Å². The summed E-state index contributed by atoms with van der Waals surface area (Å²) in [6, 6.07) is 11.8. The predicted octanol–water partition coefficient (Wildman–Crippen LogP) is 3.42. The zero-order valence-electron chi connectivity index (χ0n) is 17.0. The third-order valence-electron chi connectivity index (χ3n) is 4.95. The number of fused-ring (bicyclic) bond motifs is 1. The SMILES string of the molecule is CC[C@@H](C)NC(=O)c1ccc(Cn2c(=S)[nH]c3cc(C(=O)OC)ccc3c2=O)cc1. The van der Waals surface area contributed by atoms with Gasteiger partial charge in [0.15, 0.2) is 4.77 Å². The van der Waals surface area contributed by atoms with Crippen LogP contribution in [0.5, 0.6) is 0 Å². The molecule has 0 bridgehead atoms. The van der Waals surface area contributed by atoms with Crippen LogP contribution < -0.4 is 10.9 Å². The van der Waals surface area contributed by atoms with Crippen LogP contribution in [-0.2, 0) is 11.3 Å². The van der Waals surface area contributed by atoms with E-state index in [1.165, 1.54) is 11.7 Å². The van der Waals surface area contributed by atoms with Crippen molar-refractivity contribution in [2.24, 2.45) is 0 Å². The molecule has 3 aromatic rings. The van der Waals surface area contributed by atoms with E-state index in [1.54, 1.807) is 42.5 Å². The van der Waals surface area contributed by atoms with Crippen LogP contribution in [0.15, 0.2) is 47.3 Å². The summed E-state index contributed by atoms with van der Waals surface area (Å²) in [5.41, 5.74) is 1.94. The summed E-state index contributed by atoms with van der Waals surface area (Å²) in [5.74, 6) is -0.615. The number of aromatic amines is 1. The van der Waals surface area contributed by atoms with Crippen LogP contribution >= 0.6 is 12.2 Å². The first-order valence-corrected chi connectivity index (χ1v) is 9.99. The minimum atomic E-state index is -0.488. The average Bonchev–Trinajstić information content (AvgIpc) is 2.75. The molecule has 0 aliphatic rings. The molecule has 1 aromatic heterocycles. The topological polar surface area (TPSA) is 93.2 Å². The van der Waals surface area contributed by atoms with E-state index in [0.29, 0.717) is 22.0 Å². The molecule has 0 fully saturated rings. The van der Waals surface area contributed by atoms with Gasteiger partial charge >= 0.3 is 5.97 Å².